The first kappa shape index (κ1) is 10.6. The molecule has 0 aliphatic heterocycles. The number of nitrogens with one attached hydrogen (secondary N) is 2. The van der Waals surface area contributed by atoms with Gasteiger partial charge in [-0.15, -0.1) is 0 Å². The van der Waals surface area contributed by atoms with E-state index in [1.165, 1.54) is 0 Å². The zero-order valence-corrected chi connectivity index (χ0v) is 8.58. The van der Waals surface area contributed by atoms with Gasteiger partial charge in [-0.3, -0.25) is 0 Å². The van der Waals surface area contributed by atoms with Crippen molar-refractivity contribution in [3.05, 3.63) is 18.2 Å². The van der Waals surface area contributed by atoms with E-state index >= 15 is 0 Å². The SMILES string of the molecule is CCNC(=O)NCCc1nccn1C. The Hall–Kier alpha value is -1.52. The van der Waals surface area contributed by atoms with Crippen LogP contribution in [0.15, 0.2) is 12.4 Å². The van der Waals surface area contributed by atoms with Gasteiger partial charge in [-0.1, -0.05) is 0 Å². The molecule has 0 saturated heterocycles. The summed E-state index contributed by atoms with van der Waals surface area (Å²) in [6.07, 6.45) is 4.39. The third-order valence-corrected chi connectivity index (χ3v) is 1.89. The molecule has 0 fully saturated rings. The second-order valence-corrected chi connectivity index (χ2v) is 2.99. The Morgan fingerprint density at radius 1 is 1.57 bits per heavy atom. The maximum Gasteiger partial charge on any atom is 0.314 e. The summed E-state index contributed by atoms with van der Waals surface area (Å²) in [6, 6.07) is -0.123. The van der Waals surface area contributed by atoms with E-state index in [0.29, 0.717) is 13.1 Å². The van der Waals surface area contributed by atoms with Crippen molar-refractivity contribution in [2.75, 3.05) is 13.1 Å². The number of rotatable bonds is 4. The number of carbonyl (C=O) groups excluding carboxylic acids is 1. The van der Waals surface area contributed by atoms with Crippen LogP contribution in [0.4, 0.5) is 4.79 Å². The molecule has 0 bridgehead atoms. The molecule has 2 amide bonds. The quantitative estimate of drug-likeness (QED) is 0.726. The van der Waals surface area contributed by atoms with E-state index in [1.54, 1.807) is 6.20 Å². The van der Waals surface area contributed by atoms with Crippen LogP contribution < -0.4 is 10.6 Å². The minimum atomic E-state index is -0.123. The lowest BCUT2D eigenvalue weighted by atomic mass is 10.4. The van der Waals surface area contributed by atoms with Crippen LogP contribution >= 0.6 is 0 Å². The van der Waals surface area contributed by atoms with Crippen molar-refractivity contribution in [2.45, 2.75) is 13.3 Å². The van der Waals surface area contributed by atoms with Crippen LogP contribution in [0.25, 0.3) is 0 Å². The summed E-state index contributed by atoms with van der Waals surface area (Å²) in [5.74, 6) is 0.974. The van der Waals surface area contributed by atoms with Crippen molar-refractivity contribution in [1.82, 2.24) is 20.2 Å². The maximum atomic E-state index is 11.0. The van der Waals surface area contributed by atoms with Crippen molar-refractivity contribution >= 4 is 6.03 Å². The molecule has 78 valence electrons. The Labute approximate surface area is 83.5 Å². The molecule has 0 atom stereocenters. The topological polar surface area (TPSA) is 59.0 Å². The molecular weight excluding hydrogens is 180 g/mol. The van der Waals surface area contributed by atoms with E-state index in [1.807, 2.05) is 24.7 Å². The third-order valence-electron chi connectivity index (χ3n) is 1.89. The molecule has 0 unspecified atom stereocenters. The fourth-order valence-corrected chi connectivity index (χ4v) is 1.15. The minimum absolute atomic E-state index is 0.123. The molecule has 14 heavy (non-hydrogen) atoms. The lowest BCUT2D eigenvalue weighted by Crippen LogP contribution is -2.36. The van der Waals surface area contributed by atoms with Gasteiger partial charge in [0.2, 0.25) is 0 Å². The Kier molecular flexibility index (Phi) is 3.97. The van der Waals surface area contributed by atoms with Crippen molar-refractivity contribution in [1.29, 1.82) is 0 Å². The molecule has 1 heterocycles. The molecule has 0 radical (unpaired) electrons. The van der Waals surface area contributed by atoms with Crippen LogP contribution in [0.2, 0.25) is 0 Å². The maximum absolute atomic E-state index is 11.0. The van der Waals surface area contributed by atoms with E-state index in [-0.39, 0.29) is 6.03 Å². The summed E-state index contributed by atoms with van der Waals surface area (Å²) in [5, 5.41) is 5.41. The minimum Gasteiger partial charge on any atom is -0.338 e. The third kappa shape index (κ3) is 3.08. The van der Waals surface area contributed by atoms with E-state index < -0.39 is 0 Å². The van der Waals surface area contributed by atoms with Gasteiger partial charge in [-0.05, 0) is 6.92 Å². The molecule has 1 aromatic heterocycles. The number of amides is 2. The highest BCUT2D eigenvalue weighted by Crippen LogP contribution is 1.93. The first-order valence-corrected chi connectivity index (χ1v) is 4.72. The van der Waals surface area contributed by atoms with Gasteiger partial charge in [0.25, 0.3) is 0 Å². The van der Waals surface area contributed by atoms with Crippen LogP contribution in [0.1, 0.15) is 12.7 Å². The van der Waals surface area contributed by atoms with Gasteiger partial charge >= 0.3 is 6.03 Å². The van der Waals surface area contributed by atoms with Gasteiger partial charge in [-0.2, -0.15) is 0 Å². The number of imidazole rings is 1. The molecule has 0 aliphatic rings. The Morgan fingerprint density at radius 2 is 2.36 bits per heavy atom. The molecule has 2 N–H and O–H groups in total. The molecule has 1 rings (SSSR count). The molecule has 0 spiro atoms. The van der Waals surface area contributed by atoms with Gasteiger partial charge in [0.05, 0.1) is 0 Å². The first-order valence-electron chi connectivity index (χ1n) is 4.72. The summed E-state index contributed by atoms with van der Waals surface area (Å²) >= 11 is 0. The molecule has 0 saturated carbocycles. The standard InChI is InChI=1S/C9H16N4O/c1-3-10-9(14)12-5-4-8-11-6-7-13(8)2/h6-7H,3-5H2,1-2H3,(H2,10,12,14). The molecule has 5 heteroatoms. The fourth-order valence-electron chi connectivity index (χ4n) is 1.15. The summed E-state index contributed by atoms with van der Waals surface area (Å²) in [5.41, 5.74) is 0. The van der Waals surface area contributed by atoms with Crippen molar-refractivity contribution in [2.24, 2.45) is 7.05 Å². The smallest absolute Gasteiger partial charge is 0.314 e. The second kappa shape index (κ2) is 5.26. The highest BCUT2D eigenvalue weighted by molar-refractivity contribution is 5.73. The zero-order valence-electron chi connectivity index (χ0n) is 8.58. The van der Waals surface area contributed by atoms with Crippen LogP contribution in [-0.4, -0.2) is 28.7 Å². The van der Waals surface area contributed by atoms with Gasteiger partial charge < -0.3 is 15.2 Å². The van der Waals surface area contributed by atoms with Crippen molar-refractivity contribution in [3.8, 4) is 0 Å². The predicted molar refractivity (Wildman–Crippen MR) is 54.0 cm³/mol. The number of nitrogens with zero attached hydrogens (tertiary/aromatic N) is 2. The fraction of sp³-hybridized carbons (Fsp3) is 0.556. The molecule has 0 aliphatic carbocycles. The Bertz CT molecular complexity index is 295. The van der Waals surface area contributed by atoms with Crippen LogP contribution in [0.3, 0.4) is 0 Å². The van der Waals surface area contributed by atoms with Gasteiger partial charge in [0.1, 0.15) is 5.82 Å². The summed E-state index contributed by atoms with van der Waals surface area (Å²) < 4.78 is 1.94. The Balaban J connectivity index is 2.22. The van der Waals surface area contributed by atoms with Crippen LogP contribution in [0.5, 0.6) is 0 Å². The van der Waals surface area contributed by atoms with E-state index in [4.69, 9.17) is 0 Å². The second-order valence-electron chi connectivity index (χ2n) is 2.99. The van der Waals surface area contributed by atoms with Gasteiger partial charge in [0, 0.05) is 39.0 Å². The lowest BCUT2D eigenvalue weighted by Gasteiger charge is -2.05. The monoisotopic (exact) mass is 196 g/mol. The average molecular weight is 196 g/mol. The van der Waals surface area contributed by atoms with Crippen molar-refractivity contribution in [3.63, 3.8) is 0 Å². The summed E-state index contributed by atoms with van der Waals surface area (Å²) in [6.45, 7) is 3.14. The highest BCUT2D eigenvalue weighted by Gasteiger charge is 2.00. The van der Waals surface area contributed by atoms with Gasteiger partial charge in [0.15, 0.2) is 0 Å². The average Bonchev–Trinajstić information content (AvgIpc) is 2.52. The number of hydrogen-bond donors (Lipinski definition) is 2. The summed E-state index contributed by atoms with van der Waals surface area (Å²) in [7, 11) is 1.94. The first-order chi connectivity index (χ1) is 6.74. The zero-order chi connectivity index (χ0) is 10.4. The van der Waals surface area contributed by atoms with E-state index in [0.717, 1.165) is 12.2 Å². The number of carbonyl (C=O) groups is 1. The Morgan fingerprint density at radius 3 is 2.93 bits per heavy atom. The molecular formula is C9H16N4O. The number of urea groups is 1. The van der Waals surface area contributed by atoms with Crippen molar-refractivity contribution < 1.29 is 4.79 Å². The molecule has 1 aromatic rings. The number of aryl methyl sites for hydroxylation is 1. The van der Waals surface area contributed by atoms with Crippen LogP contribution in [0, 0.1) is 0 Å². The van der Waals surface area contributed by atoms with E-state index in [9.17, 15) is 4.79 Å². The number of hydrogen-bond acceptors (Lipinski definition) is 2. The lowest BCUT2D eigenvalue weighted by molar-refractivity contribution is 0.241. The normalized spacial score (nSPS) is 9.86. The predicted octanol–water partition coefficient (Wildman–Crippen LogP) is 0.282. The van der Waals surface area contributed by atoms with Gasteiger partial charge in [-0.25, -0.2) is 9.78 Å². The molecule has 0 aromatic carbocycles. The van der Waals surface area contributed by atoms with E-state index in [2.05, 4.69) is 15.6 Å². The van der Waals surface area contributed by atoms with Crippen LogP contribution in [-0.2, 0) is 13.5 Å². The summed E-state index contributed by atoms with van der Waals surface area (Å²) in [4.78, 5) is 15.2. The highest BCUT2D eigenvalue weighted by atomic mass is 16.2. The number of aromatic nitrogens is 2. The largest absolute Gasteiger partial charge is 0.338 e. The molecule has 5 nitrogen and oxygen atoms in total.